The van der Waals surface area contributed by atoms with E-state index < -0.39 is 11.4 Å². The number of aliphatic carboxylic acids is 1. The second kappa shape index (κ2) is 5.35. The van der Waals surface area contributed by atoms with Crippen molar-refractivity contribution in [3.63, 3.8) is 0 Å². The van der Waals surface area contributed by atoms with Crippen LogP contribution in [0.1, 0.15) is 43.4 Å². The SMILES string of the molecule is COc1cc(CC(C)(C)C(=O)O)c(O)c2c1CCCC2. The maximum absolute atomic E-state index is 11.3. The maximum Gasteiger partial charge on any atom is 0.309 e. The molecule has 0 amide bonds. The highest BCUT2D eigenvalue weighted by Crippen LogP contribution is 2.40. The first kappa shape index (κ1) is 14.7. The molecule has 2 rings (SSSR count). The Hall–Kier alpha value is -1.71. The third kappa shape index (κ3) is 2.60. The van der Waals surface area contributed by atoms with Gasteiger partial charge >= 0.3 is 5.97 Å². The lowest BCUT2D eigenvalue weighted by Gasteiger charge is -2.25. The van der Waals surface area contributed by atoms with Gasteiger partial charge in [-0.2, -0.15) is 0 Å². The molecule has 0 unspecified atom stereocenters. The summed E-state index contributed by atoms with van der Waals surface area (Å²) in [7, 11) is 1.62. The lowest BCUT2D eigenvalue weighted by molar-refractivity contribution is -0.146. The summed E-state index contributed by atoms with van der Waals surface area (Å²) >= 11 is 0. The molecule has 1 aliphatic carbocycles. The number of phenols is 1. The van der Waals surface area contributed by atoms with Crippen LogP contribution in [0.25, 0.3) is 0 Å². The summed E-state index contributed by atoms with van der Waals surface area (Å²) in [5.41, 5.74) is 1.76. The molecule has 0 aliphatic heterocycles. The molecule has 0 saturated heterocycles. The number of hydrogen-bond donors (Lipinski definition) is 2. The Bertz CT molecular complexity index is 532. The van der Waals surface area contributed by atoms with Gasteiger partial charge in [0.15, 0.2) is 0 Å². The van der Waals surface area contributed by atoms with Crippen molar-refractivity contribution in [1.82, 2.24) is 0 Å². The fourth-order valence-electron chi connectivity index (χ4n) is 2.81. The molecule has 0 radical (unpaired) electrons. The average molecular weight is 278 g/mol. The second-order valence-corrected chi connectivity index (χ2v) is 6.12. The Morgan fingerprint density at radius 1 is 1.30 bits per heavy atom. The van der Waals surface area contributed by atoms with Gasteiger partial charge in [-0.05, 0) is 57.6 Å². The Kier molecular flexibility index (Phi) is 3.93. The minimum atomic E-state index is -0.911. The first-order valence-electron chi connectivity index (χ1n) is 7.01. The minimum Gasteiger partial charge on any atom is -0.507 e. The quantitative estimate of drug-likeness (QED) is 0.888. The predicted octanol–water partition coefficient (Wildman–Crippen LogP) is 2.93. The average Bonchev–Trinajstić information content (AvgIpc) is 2.41. The molecule has 0 heterocycles. The smallest absolute Gasteiger partial charge is 0.309 e. The fraction of sp³-hybridized carbons (Fsp3) is 0.562. The Balaban J connectivity index is 2.47. The predicted molar refractivity (Wildman–Crippen MR) is 76.4 cm³/mol. The van der Waals surface area contributed by atoms with E-state index in [0.29, 0.717) is 5.56 Å². The zero-order valence-corrected chi connectivity index (χ0v) is 12.3. The summed E-state index contributed by atoms with van der Waals surface area (Å²) in [6, 6.07) is 1.80. The zero-order valence-electron chi connectivity index (χ0n) is 12.3. The van der Waals surface area contributed by atoms with Gasteiger partial charge in [-0.15, -0.1) is 0 Å². The van der Waals surface area contributed by atoms with Gasteiger partial charge in [0.25, 0.3) is 0 Å². The van der Waals surface area contributed by atoms with E-state index in [0.717, 1.165) is 42.6 Å². The molecule has 4 heteroatoms. The largest absolute Gasteiger partial charge is 0.507 e. The summed E-state index contributed by atoms with van der Waals surface area (Å²) in [5.74, 6) is 0.164. The first-order valence-corrected chi connectivity index (χ1v) is 7.01. The van der Waals surface area contributed by atoms with Crippen LogP contribution in [0.3, 0.4) is 0 Å². The molecule has 0 aromatic heterocycles. The van der Waals surface area contributed by atoms with Crippen LogP contribution in [0.2, 0.25) is 0 Å². The van der Waals surface area contributed by atoms with Crippen molar-refractivity contribution in [2.45, 2.75) is 46.0 Å². The first-order chi connectivity index (χ1) is 9.36. The molecule has 4 nitrogen and oxygen atoms in total. The molecular weight excluding hydrogens is 256 g/mol. The molecule has 1 aromatic rings. The van der Waals surface area contributed by atoms with E-state index in [4.69, 9.17) is 4.74 Å². The zero-order chi connectivity index (χ0) is 14.9. The highest BCUT2D eigenvalue weighted by atomic mass is 16.5. The van der Waals surface area contributed by atoms with E-state index in [-0.39, 0.29) is 12.2 Å². The summed E-state index contributed by atoms with van der Waals surface area (Å²) in [6.45, 7) is 3.33. The van der Waals surface area contributed by atoms with Crippen molar-refractivity contribution >= 4 is 5.97 Å². The van der Waals surface area contributed by atoms with E-state index >= 15 is 0 Å². The number of carbonyl (C=O) groups is 1. The number of benzene rings is 1. The molecule has 2 N–H and O–H groups in total. The van der Waals surface area contributed by atoms with Crippen LogP contribution in [0.5, 0.6) is 11.5 Å². The monoisotopic (exact) mass is 278 g/mol. The molecule has 20 heavy (non-hydrogen) atoms. The Morgan fingerprint density at radius 3 is 2.45 bits per heavy atom. The lowest BCUT2D eigenvalue weighted by Crippen LogP contribution is -2.26. The molecule has 0 fully saturated rings. The number of carboxylic acids is 1. The highest BCUT2D eigenvalue weighted by molar-refractivity contribution is 5.74. The van der Waals surface area contributed by atoms with Gasteiger partial charge in [0, 0.05) is 11.1 Å². The van der Waals surface area contributed by atoms with Gasteiger partial charge in [0.05, 0.1) is 12.5 Å². The third-order valence-electron chi connectivity index (χ3n) is 4.09. The number of hydrogen-bond acceptors (Lipinski definition) is 3. The second-order valence-electron chi connectivity index (χ2n) is 6.12. The number of methoxy groups -OCH3 is 1. The number of carboxylic acid groups (broad SMARTS) is 1. The van der Waals surface area contributed by atoms with Gasteiger partial charge in [-0.25, -0.2) is 0 Å². The van der Waals surface area contributed by atoms with Crippen LogP contribution in [0.4, 0.5) is 0 Å². The van der Waals surface area contributed by atoms with Crippen LogP contribution >= 0.6 is 0 Å². The number of aromatic hydroxyl groups is 1. The van der Waals surface area contributed by atoms with Gasteiger partial charge in [0.2, 0.25) is 0 Å². The van der Waals surface area contributed by atoms with Crippen molar-refractivity contribution < 1.29 is 19.7 Å². The van der Waals surface area contributed by atoms with E-state index in [2.05, 4.69) is 0 Å². The standard InChI is InChI=1S/C16H22O4/c1-16(2,15(18)19)9-10-8-13(20-3)11-6-4-5-7-12(11)14(10)17/h8,17H,4-7,9H2,1-3H3,(H,18,19). The normalized spacial score (nSPS) is 14.8. The highest BCUT2D eigenvalue weighted by Gasteiger charge is 2.30. The summed E-state index contributed by atoms with van der Waals surface area (Å²) in [6.07, 6.45) is 4.18. The van der Waals surface area contributed by atoms with E-state index in [1.165, 1.54) is 0 Å². The topological polar surface area (TPSA) is 66.8 Å². The Labute approximate surface area is 119 Å². The number of rotatable bonds is 4. The van der Waals surface area contributed by atoms with E-state index in [1.807, 2.05) is 0 Å². The van der Waals surface area contributed by atoms with Crippen molar-refractivity contribution in [2.24, 2.45) is 5.41 Å². The van der Waals surface area contributed by atoms with Crippen molar-refractivity contribution in [1.29, 1.82) is 0 Å². The minimum absolute atomic E-state index is 0.259. The van der Waals surface area contributed by atoms with Crippen LogP contribution in [0.15, 0.2) is 6.07 Å². The molecule has 0 saturated carbocycles. The maximum atomic E-state index is 11.3. The van der Waals surface area contributed by atoms with Crippen LogP contribution in [-0.4, -0.2) is 23.3 Å². The third-order valence-corrected chi connectivity index (χ3v) is 4.09. The molecule has 1 aliphatic rings. The number of ether oxygens (including phenoxy) is 1. The van der Waals surface area contributed by atoms with Crippen LogP contribution in [0, 0.1) is 5.41 Å². The molecule has 110 valence electrons. The van der Waals surface area contributed by atoms with E-state index in [9.17, 15) is 15.0 Å². The molecule has 0 bridgehead atoms. The van der Waals surface area contributed by atoms with Crippen molar-refractivity contribution in [3.05, 3.63) is 22.8 Å². The van der Waals surface area contributed by atoms with E-state index in [1.54, 1.807) is 27.0 Å². The summed E-state index contributed by atoms with van der Waals surface area (Å²) in [4.78, 5) is 11.3. The lowest BCUT2D eigenvalue weighted by atomic mass is 9.82. The van der Waals surface area contributed by atoms with Gasteiger partial charge in [-0.3, -0.25) is 4.79 Å². The van der Waals surface area contributed by atoms with Crippen molar-refractivity contribution in [2.75, 3.05) is 7.11 Å². The Morgan fingerprint density at radius 2 is 1.90 bits per heavy atom. The van der Waals surface area contributed by atoms with Crippen LogP contribution in [-0.2, 0) is 24.1 Å². The van der Waals surface area contributed by atoms with Gasteiger partial charge < -0.3 is 14.9 Å². The van der Waals surface area contributed by atoms with Gasteiger partial charge in [-0.1, -0.05) is 0 Å². The number of fused-ring (bicyclic) bond motifs is 1. The van der Waals surface area contributed by atoms with Crippen LogP contribution < -0.4 is 4.74 Å². The molecule has 1 aromatic carbocycles. The van der Waals surface area contributed by atoms with Gasteiger partial charge in [0.1, 0.15) is 11.5 Å². The van der Waals surface area contributed by atoms with Crippen molar-refractivity contribution in [3.8, 4) is 11.5 Å². The molecule has 0 spiro atoms. The number of phenolic OH excluding ortho intramolecular Hbond substituents is 1. The fourth-order valence-corrected chi connectivity index (χ4v) is 2.81. The molecular formula is C16H22O4. The summed E-state index contributed by atoms with van der Waals surface area (Å²) in [5, 5.41) is 19.7. The molecule has 0 atom stereocenters. The summed E-state index contributed by atoms with van der Waals surface area (Å²) < 4.78 is 5.42.